The van der Waals surface area contributed by atoms with Gasteiger partial charge in [0.2, 0.25) is 0 Å². The Balaban J connectivity index is 2.34. The first kappa shape index (κ1) is 18.3. The molecule has 2 nitrogen and oxygen atoms in total. The van der Waals surface area contributed by atoms with Crippen LogP contribution in [0.2, 0.25) is 0 Å². The van der Waals surface area contributed by atoms with Crippen molar-refractivity contribution >= 4 is 28.0 Å². The number of nitrogens with zero attached hydrogens (tertiary/aromatic N) is 1. The van der Waals surface area contributed by atoms with Gasteiger partial charge in [-0.25, -0.2) is 0 Å². The van der Waals surface area contributed by atoms with Crippen LogP contribution < -0.4 is 0 Å². The second kappa shape index (κ2) is 8.74. The lowest BCUT2D eigenvalue weighted by Crippen LogP contribution is -2.42. The fourth-order valence-corrected chi connectivity index (χ4v) is 5.88. The lowest BCUT2D eigenvalue weighted by molar-refractivity contribution is 0.501. The maximum absolute atomic E-state index is 13.4. The quantitative estimate of drug-likeness (QED) is 0.564. The van der Waals surface area contributed by atoms with Gasteiger partial charge in [-0.15, -0.1) is 6.58 Å². The maximum atomic E-state index is 13.4. The summed E-state index contributed by atoms with van der Waals surface area (Å²) in [7, 11) is 2.91. The minimum Gasteiger partial charge on any atom is -0.371 e. The molecule has 0 aliphatic heterocycles. The summed E-state index contributed by atoms with van der Waals surface area (Å²) in [6.07, 6.45) is 7.65. The topological polar surface area (TPSA) is 20.3 Å². The van der Waals surface area contributed by atoms with Gasteiger partial charge in [-0.3, -0.25) is 4.21 Å². The Labute approximate surface area is 148 Å². The smallest absolute Gasteiger partial charge is 0.0956 e. The maximum Gasteiger partial charge on any atom is 0.0956 e. The largest absolute Gasteiger partial charge is 0.371 e. The summed E-state index contributed by atoms with van der Waals surface area (Å²) < 4.78 is 13.4. The van der Waals surface area contributed by atoms with Crippen LogP contribution in [0.5, 0.6) is 0 Å². The molecular formula is C19H27NOS2. The normalized spacial score (nSPS) is 19.6. The number of benzene rings is 1. The molecule has 1 aromatic rings. The molecular weight excluding hydrogens is 322 g/mol. The van der Waals surface area contributed by atoms with Gasteiger partial charge in [0.25, 0.3) is 0 Å². The van der Waals surface area contributed by atoms with E-state index in [2.05, 4.69) is 18.7 Å². The van der Waals surface area contributed by atoms with E-state index >= 15 is 0 Å². The van der Waals surface area contributed by atoms with Crippen molar-refractivity contribution in [3.63, 3.8) is 0 Å². The third-order valence-corrected chi connectivity index (χ3v) is 7.49. The Morgan fingerprint density at radius 1 is 1.26 bits per heavy atom. The van der Waals surface area contributed by atoms with Crippen LogP contribution in [0.3, 0.4) is 0 Å². The number of allylic oxidation sites excluding steroid dienone is 1. The van der Waals surface area contributed by atoms with Crippen LogP contribution in [-0.2, 0) is 10.8 Å². The van der Waals surface area contributed by atoms with Gasteiger partial charge in [0.1, 0.15) is 0 Å². The van der Waals surface area contributed by atoms with E-state index in [1.807, 2.05) is 43.3 Å². The summed E-state index contributed by atoms with van der Waals surface area (Å²) in [6.45, 7) is 4.01. The monoisotopic (exact) mass is 349 g/mol. The summed E-state index contributed by atoms with van der Waals surface area (Å²) in [4.78, 5) is 2.70. The molecule has 126 valence electrons. The Kier molecular flexibility index (Phi) is 6.97. The van der Waals surface area contributed by atoms with E-state index in [1.54, 1.807) is 0 Å². The van der Waals surface area contributed by atoms with Gasteiger partial charge in [-0.1, -0.05) is 67.9 Å². The van der Waals surface area contributed by atoms with E-state index in [0.717, 1.165) is 23.4 Å². The molecule has 0 heterocycles. The lowest BCUT2D eigenvalue weighted by atomic mass is 9.95. The SMILES string of the molecule is C=C[C@@H](c1ccccc1)[C@@H](C(=S)N(C)C)S(=O)C1CCCCC1. The van der Waals surface area contributed by atoms with Crippen molar-refractivity contribution in [2.75, 3.05) is 14.1 Å². The van der Waals surface area contributed by atoms with Crippen LogP contribution in [0, 0.1) is 0 Å². The summed E-state index contributed by atoms with van der Waals surface area (Å²) >= 11 is 5.67. The van der Waals surface area contributed by atoms with Gasteiger partial charge < -0.3 is 4.90 Å². The molecule has 0 radical (unpaired) electrons. The standard InChI is InChI=1S/C19H27NOS2/c1-4-17(15-11-7-5-8-12-15)18(19(22)20(2)3)23(21)16-13-9-6-10-14-16/h4-5,7-8,11-12,16-18H,1,6,9-10,13-14H2,2-3H3/t17-,18-,23?/m0/s1. The molecule has 0 saturated heterocycles. The molecule has 1 aliphatic carbocycles. The van der Waals surface area contributed by atoms with Crippen molar-refractivity contribution in [3.8, 4) is 0 Å². The van der Waals surface area contributed by atoms with E-state index in [4.69, 9.17) is 12.2 Å². The van der Waals surface area contributed by atoms with Crippen molar-refractivity contribution in [3.05, 3.63) is 48.6 Å². The minimum absolute atomic E-state index is 0.00569. The Bertz CT molecular complexity index is 550. The molecule has 0 spiro atoms. The molecule has 2 rings (SSSR count). The predicted molar refractivity (Wildman–Crippen MR) is 104 cm³/mol. The van der Waals surface area contributed by atoms with Gasteiger partial charge in [0.15, 0.2) is 0 Å². The highest BCUT2D eigenvalue weighted by molar-refractivity contribution is 7.90. The average molecular weight is 350 g/mol. The summed E-state index contributed by atoms with van der Waals surface area (Å²) in [5, 5.41) is 0.0841. The highest BCUT2D eigenvalue weighted by Crippen LogP contribution is 2.32. The minimum atomic E-state index is -0.979. The number of rotatable bonds is 6. The summed E-state index contributed by atoms with van der Waals surface area (Å²) in [5.74, 6) is -0.00569. The highest BCUT2D eigenvalue weighted by atomic mass is 32.2. The third-order valence-electron chi connectivity index (χ3n) is 4.58. The predicted octanol–water partition coefficient (Wildman–Crippen LogP) is 4.30. The molecule has 0 N–H and O–H groups in total. The van der Waals surface area contributed by atoms with Gasteiger partial charge in [-0.2, -0.15) is 0 Å². The van der Waals surface area contributed by atoms with Crippen LogP contribution >= 0.6 is 12.2 Å². The fourth-order valence-electron chi connectivity index (χ4n) is 3.27. The van der Waals surface area contributed by atoms with E-state index in [9.17, 15) is 4.21 Å². The Hall–Kier alpha value is -1.00. The van der Waals surface area contributed by atoms with E-state index in [0.29, 0.717) is 0 Å². The molecule has 3 atom stereocenters. The van der Waals surface area contributed by atoms with Gasteiger partial charge in [0, 0.05) is 36.1 Å². The van der Waals surface area contributed by atoms with Crippen molar-refractivity contribution < 1.29 is 4.21 Å². The van der Waals surface area contributed by atoms with Crippen molar-refractivity contribution in [2.45, 2.75) is 48.5 Å². The molecule has 1 saturated carbocycles. The molecule has 1 fully saturated rings. The van der Waals surface area contributed by atoms with Crippen LogP contribution in [0.1, 0.15) is 43.6 Å². The van der Waals surface area contributed by atoms with Crippen molar-refractivity contribution in [1.29, 1.82) is 0 Å². The molecule has 1 aromatic carbocycles. The van der Waals surface area contributed by atoms with Crippen LogP contribution in [-0.4, -0.2) is 38.7 Å². The third kappa shape index (κ3) is 4.51. The fraction of sp³-hybridized carbons (Fsp3) is 0.526. The summed E-state index contributed by atoms with van der Waals surface area (Å²) in [5.41, 5.74) is 1.14. The van der Waals surface area contributed by atoms with Gasteiger partial charge in [-0.05, 0) is 18.4 Å². The van der Waals surface area contributed by atoms with Gasteiger partial charge >= 0.3 is 0 Å². The average Bonchev–Trinajstić information content (AvgIpc) is 2.60. The zero-order chi connectivity index (χ0) is 16.8. The second-order valence-electron chi connectivity index (χ2n) is 6.41. The number of thiocarbonyl (C=S) groups is 1. The van der Waals surface area contributed by atoms with Crippen molar-refractivity contribution in [2.24, 2.45) is 0 Å². The Morgan fingerprint density at radius 2 is 1.87 bits per heavy atom. The van der Waals surface area contributed by atoms with Gasteiger partial charge in [0.05, 0.1) is 10.2 Å². The molecule has 0 bridgehead atoms. The van der Waals surface area contributed by atoms with E-state index in [-0.39, 0.29) is 16.4 Å². The zero-order valence-corrected chi connectivity index (χ0v) is 15.7. The van der Waals surface area contributed by atoms with Crippen molar-refractivity contribution in [1.82, 2.24) is 4.90 Å². The number of hydrogen-bond acceptors (Lipinski definition) is 2. The first-order chi connectivity index (χ1) is 11.1. The van der Waals surface area contributed by atoms with Crippen LogP contribution in [0.15, 0.2) is 43.0 Å². The molecule has 1 aliphatic rings. The van der Waals surface area contributed by atoms with Crippen LogP contribution in [0.25, 0.3) is 0 Å². The molecule has 0 amide bonds. The zero-order valence-electron chi connectivity index (χ0n) is 14.1. The first-order valence-electron chi connectivity index (χ1n) is 8.34. The first-order valence-corrected chi connectivity index (χ1v) is 10.0. The molecule has 0 aromatic heterocycles. The number of hydrogen-bond donors (Lipinski definition) is 0. The molecule has 4 heteroatoms. The molecule has 1 unspecified atom stereocenters. The second-order valence-corrected chi connectivity index (χ2v) is 8.66. The highest BCUT2D eigenvalue weighted by Gasteiger charge is 2.35. The van der Waals surface area contributed by atoms with E-state index in [1.165, 1.54) is 19.3 Å². The lowest BCUT2D eigenvalue weighted by Gasteiger charge is -2.33. The summed E-state index contributed by atoms with van der Waals surface area (Å²) in [6, 6.07) is 10.2. The van der Waals surface area contributed by atoms with Crippen LogP contribution in [0.4, 0.5) is 0 Å². The van der Waals surface area contributed by atoms with E-state index < -0.39 is 10.8 Å². The molecule has 23 heavy (non-hydrogen) atoms. The Morgan fingerprint density at radius 3 is 2.39 bits per heavy atom.